The summed E-state index contributed by atoms with van der Waals surface area (Å²) in [4.78, 5) is 0. The SMILES string of the molecule is Cc1ccc(C(O)C(CN)c2cccc(C)c2)cc1. The molecule has 2 aromatic rings. The lowest BCUT2D eigenvalue weighted by atomic mass is 9.88. The molecule has 19 heavy (non-hydrogen) atoms. The van der Waals surface area contributed by atoms with Gasteiger partial charge in [0.05, 0.1) is 6.10 Å². The first-order valence-corrected chi connectivity index (χ1v) is 6.63. The first-order chi connectivity index (χ1) is 9.11. The fourth-order valence-electron chi connectivity index (χ4n) is 2.34. The van der Waals surface area contributed by atoms with Crippen molar-refractivity contribution in [1.29, 1.82) is 0 Å². The standard InChI is InChI=1S/C17H21NO/c1-12-6-8-14(9-7-12)17(19)16(11-18)15-5-3-4-13(2)10-15/h3-10,16-17,19H,11,18H2,1-2H3. The summed E-state index contributed by atoms with van der Waals surface area (Å²) in [6, 6.07) is 16.2. The molecule has 100 valence electrons. The molecule has 0 heterocycles. The van der Waals surface area contributed by atoms with Crippen molar-refractivity contribution in [2.45, 2.75) is 25.9 Å². The Morgan fingerprint density at radius 3 is 2.21 bits per heavy atom. The number of aliphatic hydroxyl groups excluding tert-OH is 1. The van der Waals surface area contributed by atoms with Crippen LogP contribution in [0.25, 0.3) is 0 Å². The summed E-state index contributed by atoms with van der Waals surface area (Å²) in [5.41, 5.74) is 10.3. The zero-order valence-corrected chi connectivity index (χ0v) is 11.5. The van der Waals surface area contributed by atoms with Crippen LogP contribution in [0.15, 0.2) is 48.5 Å². The Balaban J connectivity index is 2.28. The van der Waals surface area contributed by atoms with Gasteiger partial charge >= 0.3 is 0 Å². The third-order valence-corrected chi connectivity index (χ3v) is 3.52. The highest BCUT2D eigenvalue weighted by Crippen LogP contribution is 2.30. The third-order valence-electron chi connectivity index (χ3n) is 3.52. The van der Waals surface area contributed by atoms with E-state index in [0.717, 1.165) is 11.1 Å². The van der Waals surface area contributed by atoms with E-state index in [0.29, 0.717) is 6.54 Å². The van der Waals surface area contributed by atoms with E-state index < -0.39 is 6.10 Å². The molecule has 0 aromatic heterocycles. The third kappa shape index (κ3) is 3.22. The van der Waals surface area contributed by atoms with Gasteiger partial charge in [-0.2, -0.15) is 0 Å². The van der Waals surface area contributed by atoms with Gasteiger partial charge in [-0.25, -0.2) is 0 Å². The Hall–Kier alpha value is -1.64. The van der Waals surface area contributed by atoms with Gasteiger partial charge in [-0.3, -0.25) is 0 Å². The number of hydrogen-bond acceptors (Lipinski definition) is 2. The molecule has 2 rings (SSSR count). The van der Waals surface area contributed by atoms with E-state index in [1.807, 2.05) is 43.3 Å². The molecule has 0 spiro atoms. The van der Waals surface area contributed by atoms with Crippen LogP contribution in [-0.2, 0) is 0 Å². The van der Waals surface area contributed by atoms with Crippen molar-refractivity contribution < 1.29 is 5.11 Å². The molecule has 0 fully saturated rings. The lowest BCUT2D eigenvalue weighted by Gasteiger charge is -2.22. The minimum Gasteiger partial charge on any atom is -0.388 e. The number of aryl methyl sites for hydroxylation is 2. The minimum absolute atomic E-state index is 0.0670. The molecular weight excluding hydrogens is 234 g/mol. The summed E-state index contributed by atoms with van der Waals surface area (Å²) in [5.74, 6) is -0.0670. The predicted octanol–water partition coefficient (Wildman–Crippen LogP) is 3.08. The van der Waals surface area contributed by atoms with Crippen LogP contribution in [-0.4, -0.2) is 11.7 Å². The van der Waals surface area contributed by atoms with E-state index in [-0.39, 0.29) is 5.92 Å². The van der Waals surface area contributed by atoms with Gasteiger partial charge < -0.3 is 10.8 Å². The number of nitrogens with two attached hydrogens (primary N) is 1. The normalized spacial score (nSPS) is 14.1. The van der Waals surface area contributed by atoms with Crippen molar-refractivity contribution in [2.75, 3.05) is 6.54 Å². The molecule has 0 aliphatic carbocycles. The Labute approximate surface area is 114 Å². The van der Waals surface area contributed by atoms with Crippen molar-refractivity contribution in [3.05, 3.63) is 70.8 Å². The second-order valence-electron chi connectivity index (χ2n) is 5.11. The van der Waals surface area contributed by atoms with Gasteiger partial charge in [0.25, 0.3) is 0 Å². The number of rotatable bonds is 4. The molecule has 2 heteroatoms. The van der Waals surface area contributed by atoms with E-state index in [1.54, 1.807) is 0 Å². The number of hydrogen-bond donors (Lipinski definition) is 2. The van der Waals surface area contributed by atoms with Crippen molar-refractivity contribution in [1.82, 2.24) is 0 Å². The lowest BCUT2D eigenvalue weighted by Crippen LogP contribution is -2.20. The Morgan fingerprint density at radius 2 is 1.63 bits per heavy atom. The van der Waals surface area contributed by atoms with Crippen LogP contribution in [0.3, 0.4) is 0 Å². The fraction of sp³-hybridized carbons (Fsp3) is 0.294. The lowest BCUT2D eigenvalue weighted by molar-refractivity contribution is 0.147. The van der Waals surface area contributed by atoms with Gasteiger partial charge in [0.1, 0.15) is 0 Å². The highest BCUT2D eigenvalue weighted by atomic mass is 16.3. The van der Waals surface area contributed by atoms with Gasteiger partial charge in [-0.05, 0) is 25.0 Å². The first-order valence-electron chi connectivity index (χ1n) is 6.63. The Kier molecular flexibility index (Phi) is 4.35. The molecule has 2 unspecified atom stereocenters. The maximum atomic E-state index is 10.5. The van der Waals surface area contributed by atoms with Crippen molar-refractivity contribution in [3.63, 3.8) is 0 Å². The summed E-state index contributed by atoms with van der Waals surface area (Å²) in [6.45, 7) is 4.52. The molecule has 2 atom stereocenters. The van der Waals surface area contributed by atoms with Crippen molar-refractivity contribution >= 4 is 0 Å². The molecule has 0 saturated heterocycles. The van der Waals surface area contributed by atoms with Crippen LogP contribution in [0.5, 0.6) is 0 Å². The summed E-state index contributed by atoms with van der Waals surface area (Å²) >= 11 is 0. The van der Waals surface area contributed by atoms with Crippen LogP contribution in [0, 0.1) is 13.8 Å². The molecule has 2 aromatic carbocycles. The molecule has 0 saturated carbocycles. The molecule has 2 nitrogen and oxygen atoms in total. The second-order valence-corrected chi connectivity index (χ2v) is 5.11. The summed E-state index contributed by atoms with van der Waals surface area (Å²) < 4.78 is 0. The summed E-state index contributed by atoms with van der Waals surface area (Å²) in [7, 11) is 0. The van der Waals surface area contributed by atoms with Crippen molar-refractivity contribution in [2.24, 2.45) is 5.73 Å². The van der Waals surface area contributed by atoms with Crippen LogP contribution >= 0.6 is 0 Å². The van der Waals surface area contributed by atoms with Crippen LogP contribution < -0.4 is 5.73 Å². The first kappa shape index (κ1) is 13.8. The second kappa shape index (κ2) is 6.00. The van der Waals surface area contributed by atoms with E-state index in [1.165, 1.54) is 11.1 Å². The molecule has 0 aliphatic heterocycles. The Morgan fingerprint density at radius 1 is 0.947 bits per heavy atom. The smallest absolute Gasteiger partial charge is 0.0870 e. The van der Waals surface area contributed by atoms with E-state index in [9.17, 15) is 5.11 Å². The average Bonchev–Trinajstić information content (AvgIpc) is 2.40. The van der Waals surface area contributed by atoms with Crippen LogP contribution in [0.4, 0.5) is 0 Å². The van der Waals surface area contributed by atoms with E-state index in [2.05, 4.69) is 19.1 Å². The fourth-order valence-corrected chi connectivity index (χ4v) is 2.34. The summed E-state index contributed by atoms with van der Waals surface area (Å²) in [5, 5.41) is 10.5. The molecule has 0 aliphatic rings. The van der Waals surface area contributed by atoms with Gasteiger partial charge in [0.2, 0.25) is 0 Å². The molecular formula is C17H21NO. The maximum Gasteiger partial charge on any atom is 0.0870 e. The topological polar surface area (TPSA) is 46.2 Å². The Bertz CT molecular complexity index is 533. The van der Waals surface area contributed by atoms with Crippen LogP contribution in [0.1, 0.15) is 34.3 Å². The average molecular weight is 255 g/mol. The highest BCUT2D eigenvalue weighted by molar-refractivity contribution is 5.31. The maximum absolute atomic E-state index is 10.5. The van der Waals surface area contributed by atoms with Gasteiger partial charge in [-0.1, -0.05) is 59.7 Å². The van der Waals surface area contributed by atoms with E-state index >= 15 is 0 Å². The zero-order chi connectivity index (χ0) is 13.8. The van der Waals surface area contributed by atoms with Gasteiger partial charge in [-0.15, -0.1) is 0 Å². The predicted molar refractivity (Wildman–Crippen MR) is 79.1 cm³/mol. The monoisotopic (exact) mass is 255 g/mol. The quantitative estimate of drug-likeness (QED) is 0.882. The highest BCUT2D eigenvalue weighted by Gasteiger charge is 2.21. The molecule has 0 bridgehead atoms. The summed E-state index contributed by atoms with van der Waals surface area (Å²) in [6.07, 6.45) is -0.563. The number of benzene rings is 2. The largest absolute Gasteiger partial charge is 0.388 e. The zero-order valence-electron chi connectivity index (χ0n) is 11.5. The molecule has 0 amide bonds. The minimum atomic E-state index is -0.563. The molecule has 0 radical (unpaired) electrons. The van der Waals surface area contributed by atoms with Crippen LogP contribution in [0.2, 0.25) is 0 Å². The molecule has 3 N–H and O–H groups in total. The van der Waals surface area contributed by atoms with E-state index in [4.69, 9.17) is 5.73 Å². The van der Waals surface area contributed by atoms with Crippen molar-refractivity contribution in [3.8, 4) is 0 Å². The number of aliphatic hydroxyl groups is 1. The van der Waals surface area contributed by atoms with Gasteiger partial charge in [0.15, 0.2) is 0 Å². The van der Waals surface area contributed by atoms with Gasteiger partial charge in [0, 0.05) is 12.5 Å².